The number of carboxylic acid groups (broad SMARTS) is 1. The molecule has 1 aliphatic rings. The molecule has 0 spiro atoms. The van der Waals surface area contributed by atoms with Crippen LogP contribution in [-0.4, -0.2) is 33.8 Å². The van der Waals surface area contributed by atoms with Crippen molar-refractivity contribution in [3.8, 4) is 0 Å². The van der Waals surface area contributed by atoms with E-state index in [1.165, 1.54) is 29.2 Å². The molecule has 1 aliphatic heterocycles. The molecule has 0 unspecified atom stereocenters. The monoisotopic (exact) mass is 416 g/mol. The summed E-state index contributed by atoms with van der Waals surface area (Å²) in [6, 6.07) is 12.0. The molecule has 28 heavy (non-hydrogen) atoms. The van der Waals surface area contributed by atoms with Crippen LogP contribution in [0.4, 0.5) is 10.1 Å². The first kappa shape index (κ1) is 19.7. The van der Waals surface area contributed by atoms with Crippen molar-refractivity contribution in [2.45, 2.75) is 0 Å². The summed E-state index contributed by atoms with van der Waals surface area (Å²) in [6.45, 7) is -0.513. The summed E-state index contributed by atoms with van der Waals surface area (Å²) in [7, 11) is 0. The summed E-state index contributed by atoms with van der Waals surface area (Å²) in [5.74, 6) is -2.54. The first-order chi connectivity index (χ1) is 13.3. The van der Waals surface area contributed by atoms with Crippen LogP contribution in [0.25, 0.3) is 6.08 Å². The van der Waals surface area contributed by atoms with Crippen molar-refractivity contribution in [2.75, 3.05) is 11.4 Å². The van der Waals surface area contributed by atoms with Crippen LogP contribution in [0.1, 0.15) is 15.9 Å². The standard InChI is InChI=1S/C19H13FN2O4S2/c20-13-5-1-3-11(7-13)8-15-18(26)22(19(27)28-15)14-6-2-4-12(9-14)17(25)21-10-16(23)24/h1-9H,10H2,(H,21,25)(H,23,24)/b15-8-. The zero-order chi connectivity index (χ0) is 20.3. The number of rotatable bonds is 5. The largest absolute Gasteiger partial charge is 0.480 e. The average molecular weight is 416 g/mol. The van der Waals surface area contributed by atoms with Gasteiger partial charge in [-0.2, -0.15) is 0 Å². The molecule has 0 aliphatic carbocycles. The minimum atomic E-state index is -1.16. The minimum Gasteiger partial charge on any atom is -0.480 e. The normalized spacial score (nSPS) is 15.2. The van der Waals surface area contributed by atoms with Crippen LogP contribution in [0.3, 0.4) is 0 Å². The molecule has 1 fully saturated rings. The lowest BCUT2D eigenvalue weighted by Gasteiger charge is -2.15. The highest BCUT2D eigenvalue weighted by molar-refractivity contribution is 8.27. The molecular weight excluding hydrogens is 403 g/mol. The Balaban J connectivity index is 1.85. The third-order valence-corrected chi connectivity index (χ3v) is 5.01. The van der Waals surface area contributed by atoms with Gasteiger partial charge in [0.2, 0.25) is 0 Å². The summed E-state index contributed by atoms with van der Waals surface area (Å²) < 4.78 is 13.6. The van der Waals surface area contributed by atoms with Crippen LogP contribution in [-0.2, 0) is 9.59 Å². The maximum atomic E-state index is 13.4. The van der Waals surface area contributed by atoms with Gasteiger partial charge in [-0.3, -0.25) is 19.3 Å². The molecule has 0 radical (unpaired) electrons. The fourth-order valence-electron chi connectivity index (χ4n) is 2.48. The van der Waals surface area contributed by atoms with Crippen molar-refractivity contribution in [3.63, 3.8) is 0 Å². The lowest BCUT2D eigenvalue weighted by Crippen LogP contribution is -2.30. The van der Waals surface area contributed by atoms with E-state index >= 15 is 0 Å². The Morgan fingerprint density at radius 1 is 1.21 bits per heavy atom. The van der Waals surface area contributed by atoms with Gasteiger partial charge in [-0.1, -0.05) is 42.2 Å². The van der Waals surface area contributed by atoms with Crippen molar-refractivity contribution < 1.29 is 23.9 Å². The van der Waals surface area contributed by atoms with Crippen molar-refractivity contribution in [2.24, 2.45) is 0 Å². The predicted molar refractivity (Wildman–Crippen MR) is 108 cm³/mol. The number of thioether (sulfide) groups is 1. The Hall–Kier alpha value is -3.04. The Labute approximate surface area is 169 Å². The van der Waals surface area contributed by atoms with Crippen molar-refractivity contribution in [1.82, 2.24) is 5.32 Å². The second-order valence-electron chi connectivity index (χ2n) is 5.70. The third-order valence-electron chi connectivity index (χ3n) is 3.71. The van der Waals surface area contributed by atoms with E-state index in [2.05, 4.69) is 5.32 Å². The number of thiocarbonyl (C=S) groups is 1. The predicted octanol–water partition coefficient (Wildman–Crippen LogP) is 3.05. The zero-order valence-corrected chi connectivity index (χ0v) is 15.8. The maximum Gasteiger partial charge on any atom is 0.322 e. The van der Waals surface area contributed by atoms with E-state index < -0.39 is 24.2 Å². The van der Waals surface area contributed by atoms with Gasteiger partial charge >= 0.3 is 5.97 Å². The van der Waals surface area contributed by atoms with Crippen LogP contribution >= 0.6 is 24.0 Å². The molecule has 0 saturated carbocycles. The molecule has 2 aromatic carbocycles. The van der Waals surface area contributed by atoms with Crippen LogP contribution in [0.5, 0.6) is 0 Å². The number of hydrogen-bond donors (Lipinski definition) is 2. The number of aliphatic carboxylic acids is 1. The number of carbonyl (C=O) groups excluding carboxylic acids is 2. The van der Waals surface area contributed by atoms with Gasteiger partial charge in [0.1, 0.15) is 12.4 Å². The van der Waals surface area contributed by atoms with Gasteiger partial charge in [0, 0.05) is 5.56 Å². The number of nitrogens with zero attached hydrogens (tertiary/aromatic N) is 1. The number of hydrogen-bond acceptors (Lipinski definition) is 5. The first-order valence-corrected chi connectivity index (χ1v) is 9.21. The molecule has 1 heterocycles. The van der Waals surface area contributed by atoms with Crippen LogP contribution in [0.15, 0.2) is 53.4 Å². The molecule has 0 atom stereocenters. The minimum absolute atomic E-state index is 0.196. The van der Waals surface area contributed by atoms with Gasteiger partial charge in [-0.15, -0.1) is 0 Å². The molecule has 2 amide bonds. The van der Waals surface area contributed by atoms with Gasteiger partial charge in [0.15, 0.2) is 4.32 Å². The van der Waals surface area contributed by atoms with Crippen LogP contribution < -0.4 is 10.2 Å². The SMILES string of the molecule is O=C(O)CNC(=O)c1cccc(N2C(=O)/C(=C/c3cccc(F)c3)SC2=S)c1. The third kappa shape index (κ3) is 4.44. The quantitative estimate of drug-likeness (QED) is 0.576. The van der Waals surface area contributed by atoms with Crippen LogP contribution in [0.2, 0.25) is 0 Å². The summed E-state index contributed by atoms with van der Waals surface area (Å²) in [4.78, 5) is 37.0. The van der Waals surface area contributed by atoms with Gasteiger partial charge in [0.05, 0.1) is 10.6 Å². The molecule has 3 rings (SSSR count). The highest BCUT2D eigenvalue weighted by Crippen LogP contribution is 2.36. The van der Waals surface area contributed by atoms with E-state index in [9.17, 15) is 18.8 Å². The average Bonchev–Trinajstić information content (AvgIpc) is 2.93. The Bertz CT molecular complexity index is 1020. The molecule has 0 bridgehead atoms. The summed E-state index contributed by atoms with van der Waals surface area (Å²) >= 11 is 6.36. The molecule has 142 valence electrons. The van der Waals surface area contributed by atoms with E-state index in [1.54, 1.807) is 30.3 Å². The Morgan fingerprint density at radius 3 is 2.68 bits per heavy atom. The number of amides is 2. The van der Waals surface area contributed by atoms with Gasteiger partial charge in [-0.05, 0) is 42.0 Å². The molecular formula is C19H13FN2O4S2. The fourth-order valence-corrected chi connectivity index (χ4v) is 3.78. The summed E-state index contributed by atoms with van der Waals surface area (Å²) in [5.41, 5.74) is 1.11. The topological polar surface area (TPSA) is 86.7 Å². The van der Waals surface area contributed by atoms with Crippen molar-refractivity contribution in [3.05, 3.63) is 70.4 Å². The first-order valence-electron chi connectivity index (χ1n) is 7.99. The van der Waals surface area contributed by atoms with Crippen molar-refractivity contribution >= 4 is 57.8 Å². The zero-order valence-electron chi connectivity index (χ0n) is 14.2. The Morgan fingerprint density at radius 2 is 1.96 bits per heavy atom. The number of halogens is 1. The summed E-state index contributed by atoms with van der Waals surface area (Å²) in [6.07, 6.45) is 1.55. The molecule has 0 aromatic heterocycles. The van der Waals surface area contributed by atoms with Crippen LogP contribution in [0, 0.1) is 5.82 Å². The highest BCUT2D eigenvalue weighted by Gasteiger charge is 2.33. The van der Waals surface area contributed by atoms with E-state index in [4.69, 9.17) is 17.3 Å². The number of benzene rings is 2. The van der Waals surface area contributed by atoms with Crippen molar-refractivity contribution in [1.29, 1.82) is 0 Å². The number of carbonyl (C=O) groups is 3. The smallest absolute Gasteiger partial charge is 0.322 e. The van der Waals surface area contributed by atoms with E-state index in [0.717, 1.165) is 11.8 Å². The van der Waals surface area contributed by atoms with Gasteiger partial charge in [-0.25, -0.2) is 4.39 Å². The lowest BCUT2D eigenvalue weighted by molar-refractivity contribution is -0.135. The van der Waals surface area contributed by atoms with E-state index in [1.807, 2.05) is 0 Å². The number of nitrogens with one attached hydrogen (secondary N) is 1. The number of carboxylic acids is 1. The lowest BCUT2D eigenvalue weighted by atomic mass is 10.1. The van der Waals surface area contributed by atoms with E-state index in [-0.39, 0.29) is 15.8 Å². The second-order valence-corrected chi connectivity index (χ2v) is 7.37. The summed E-state index contributed by atoms with van der Waals surface area (Å²) in [5, 5.41) is 10.9. The maximum absolute atomic E-state index is 13.4. The second kappa shape index (κ2) is 8.32. The molecule has 2 N–H and O–H groups in total. The molecule has 6 nitrogen and oxygen atoms in total. The number of anilines is 1. The molecule has 1 saturated heterocycles. The fraction of sp³-hybridized carbons (Fsp3) is 0.0526. The molecule has 9 heteroatoms. The highest BCUT2D eigenvalue weighted by atomic mass is 32.2. The van der Waals surface area contributed by atoms with E-state index in [0.29, 0.717) is 16.2 Å². The van der Waals surface area contributed by atoms with Gasteiger partial charge in [0.25, 0.3) is 11.8 Å². The van der Waals surface area contributed by atoms with Gasteiger partial charge < -0.3 is 10.4 Å². The Kier molecular flexibility index (Phi) is 5.86. The molecule has 2 aromatic rings.